The van der Waals surface area contributed by atoms with Crippen LogP contribution in [0.2, 0.25) is 0 Å². The van der Waals surface area contributed by atoms with Gasteiger partial charge in [-0.05, 0) is 17.5 Å². The molecule has 0 aliphatic carbocycles. The molecule has 0 bridgehead atoms. The summed E-state index contributed by atoms with van der Waals surface area (Å²) in [5.74, 6) is 0. The van der Waals surface area contributed by atoms with Gasteiger partial charge in [-0.1, -0.05) is 78.9 Å². The topological polar surface area (TPSA) is 30.2 Å². The Morgan fingerprint density at radius 2 is 1.29 bits per heavy atom. The first-order valence-corrected chi connectivity index (χ1v) is 12.3. The van der Waals surface area contributed by atoms with E-state index < -0.39 is 0 Å². The maximum Gasteiger partial charge on any atom is 0.165 e. The van der Waals surface area contributed by atoms with Crippen LogP contribution in [-0.2, 0) is 0 Å². The highest BCUT2D eigenvalue weighted by Gasteiger charge is 2.22. The number of aromatic nitrogens is 3. The number of hydrogen-bond donors (Lipinski definition) is 0. The summed E-state index contributed by atoms with van der Waals surface area (Å²) in [6.07, 6.45) is 0. The molecular formula is C30H15N3S. The molecule has 0 saturated heterocycles. The minimum Gasteiger partial charge on any atom is -0.290 e. The van der Waals surface area contributed by atoms with Gasteiger partial charge < -0.3 is 0 Å². The molecule has 0 saturated carbocycles. The predicted molar refractivity (Wildman–Crippen MR) is 145 cm³/mol. The second kappa shape index (κ2) is 5.79. The summed E-state index contributed by atoms with van der Waals surface area (Å²) in [5.41, 5.74) is 6.28. The van der Waals surface area contributed by atoms with Crippen molar-refractivity contribution in [3.8, 4) is 0 Å². The molecule has 0 N–H and O–H groups in total. The predicted octanol–water partition coefficient (Wildman–Crippen LogP) is 8.30. The third kappa shape index (κ3) is 1.91. The van der Waals surface area contributed by atoms with E-state index in [4.69, 9.17) is 9.97 Å². The van der Waals surface area contributed by atoms with E-state index in [0.717, 1.165) is 27.6 Å². The molecule has 0 spiro atoms. The van der Waals surface area contributed by atoms with Gasteiger partial charge in [-0.2, -0.15) is 0 Å². The molecule has 0 aliphatic rings. The summed E-state index contributed by atoms with van der Waals surface area (Å²) in [6.45, 7) is 0. The van der Waals surface area contributed by atoms with Gasteiger partial charge in [0.1, 0.15) is 5.52 Å². The van der Waals surface area contributed by atoms with Crippen LogP contribution in [0.4, 0.5) is 0 Å². The summed E-state index contributed by atoms with van der Waals surface area (Å²) in [6, 6.07) is 32.5. The Hall–Kier alpha value is -4.28. The van der Waals surface area contributed by atoms with Gasteiger partial charge in [0.05, 0.1) is 26.8 Å². The van der Waals surface area contributed by atoms with Gasteiger partial charge in [0.15, 0.2) is 5.65 Å². The summed E-state index contributed by atoms with van der Waals surface area (Å²) >= 11 is 1.87. The van der Waals surface area contributed by atoms with Gasteiger partial charge in [0.2, 0.25) is 0 Å². The zero-order valence-corrected chi connectivity index (χ0v) is 18.7. The Morgan fingerprint density at radius 3 is 2.26 bits per heavy atom. The lowest BCUT2D eigenvalue weighted by Gasteiger charge is -2.04. The van der Waals surface area contributed by atoms with Crippen molar-refractivity contribution < 1.29 is 0 Å². The minimum atomic E-state index is 0.940. The highest BCUT2D eigenvalue weighted by Crippen LogP contribution is 2.44. The van der Waals surface area contributed by atoms with E-state index in [2.05, 4.69) is 95.4 Å². The van der Waals surface area contributed by atoms with Gasteiger partial charge in [-0.25, -0.2) is 9.97 Å². The third-order valence-electron chi connectivity index (χ3n) is 7.30. The lowest BCUT2D eigenvalue weighted by Crippen LogP contribution is -1.90. The van der Waals surface area contributed by atoms with Crippen LogP contribution in [0.5, 0.6) is 0 Å². The molecule has 3 nitrogen and oxygen atoms in total. The number of rotatable bonds is 0. The molecule has 156 valence electrons. The summed E-state index contributed by atoms with van der Waals surface area (Å²) < 4.78 is 5.01. The van der Waals surface area contributed by atoms with Crippen molar-refractivity contribution in [3.63, 3.8) is 0 Å². The molecule has 34 heavy (non-hydrogen) atoms. The van der Waals surface area contributed by atoms with Gasteiger partial charge in [0.25, 0.3) is 0 Å². The second-order valence-corrected chi connectivity index (χ2v) is 10.1. The number of benzene rings is 5. The zero-order chi connectivity index (χ0) is 22.0. The van der Waals surface area contributed by atoms with E-state index in [0.29, 0.717) is 0 Å². The van der Waals surface area contributed by atoms with Crippen LogP contribution in [0.1, 0.15) is 0 Å². The van der Waals surface area contributed by atoms with E-state index in [-0.39, 0.29) is 0 Å². The van der Waals surface area contributed by atoms with Crippen LogP contribution in [0.25, 0.3) is 80.3 Å². The largest absolute Gasteiger partial charge is 0.290 e. The maximum absolute atomic E-state index is 5.31. The van der Waals surface area contributed by atoms with Crippen molar-refractivity contribution in [3.05, 3.63) is 91.0 Å². The molecule has 4 heterocycles. The minimum absolute atomic E-state index is 0.940. The first kappa shape index (κ1) is 17.2. The van der Waals surface area contributed by atoms with E-state index >= 15 is 0 Å². The fourth-order valence-electron chi connectivity index (χ4n) is 5.85. The van der Waals surface area contributed by atoms with Crippen LogP contribution < -0.4 is 0 Å². The number of thiophene rings is 1. The number of fused-ring (bicyclic) bond motifs is 13. The Balaban J connectivity index is 1.61. The number of para-hydroxylation sites is 1. The summed E-state index contributed by atoms with van der Waals surface area (Å²) in [4.78, 5) is 10.5. The van der Waals surface area contributed by atoms with Crippen LogP contribution >= 0.6 is 11.3 Å². The van der Waals surface area contributed by atoms with Crippen molar-refractivity contribution >= 4 is 91.7 Å². The quantitative estimate of drug-likeness (QED) is 0.218. The second-order valence-electron chi connectivity index (χ2n) is 9.02. The van der Waals surface area contributed by atoms with Crippen LogP contribution in [0, 0.1) is 0 Å². The Bertz CT molecular complexity index is 2290. The maximum atomic E-state index is 5.31. The molecule has 0 amide bonds. The molecule has 0 atom stereocenters. The van der Waals surface area contributed by atoms with Gasteiger partial charge in [0, 0.05) is 37.0 Å². The zero-order valence-electron chi connectivity index (χ0n) is 17.9. The average molecular weight is 450 g/mol. The van der Waals surface area contributed by atoms with Crippen molar-refractivity contribution in [2.75, 3.05) is 0 Å². The first-order chi connectivity index (χ1) is 16.9. The molecule has 9 rings (SSSR count). The van der Waals surface area contributed by atoms with E-state index in [1.165, 1.54) is 52.8 Å². The molecule has 0 fully saturated rings. The highest BCUT2D eigenvalue weighted by molar-refractivity contribution is 7.26. The fourth-order valence-corrected chi connectivity index (χ4v) is 7.09. The normalized spacial score (nSPS) is 12.7. The highest BCUT2D eigenvalue weighted by atomic mass is 32.1. The molecule has 0 radical (unpaired) electrons. The van der Waals surface area contributed by atoms with Gasteiger partial charge >= 0.3 is 0 Å². The molecule has 0 aliphatic heterocycles. The van der Waals surface area contributed by atoms with Crippen LogP contribution in [-0.4, -0.2) is 14.4 Å². The number of hydrogen-bond acceptors (Lipinski definition) is 3. The smallest absolute Gasteiger partial charge is 0.165 e. The molecular weight excluding hydrogens is 434 g/mol. The van der Waals surface area contributed by atoms with E-state index in [9.17, 15) is 0 Å². The van der Waals surface area contributed by atoms with Crippen molar-refractivity contribution in [2.24, 2.45) is 0 Å². The van der Waals surface area contributed by atoms with E-state index in [1.807, 2.05) is 11.3 Å². The lowest BCUT2D eigenvalue weighted by atomic mass is 10.1. The number of nitrogens with zero attached hydrogens (tertiary/aromatic N) is 3. The van der Waals surface area contributed by atoms with E-state index in [1.54, 1.807) is 0 Å². The molecule has 4 heteroatoms. The SMILES string of the molecule is c1ccc2c(c1)ccc1nc3c4cccc5c6ccc7c8ccccc8sc7c6n(c3nc12)c54. The van der Waals surface area contributed by atoms with Crippen molar-refractivity contribution in [1.29, 1.82) is 0 Å². The standard InChI is InChI=1S/C30H15N3S/c1-2-7-17-16(6-1)12-15-23-25(17)32-30-26(31-23)22-10-5-9-19-20-13-14-21-18-8-3-4-11-24(18)34-29(21)28(20)33(30)27(19)22/h1-15H. The summed E-state index contributed by atoms with van der Waals surface area (Å²) in [5, 5.41) is 8.67. The molecule has 5 aromatic carbocycles. The molecule has 0 unspecified atom stereocenters. The first-order valence-electron chi connectivity index (χ1n) is 11.4. The van der Waals surface area contributed by atoms with Gasteiger partial charge in [-0.15, -0.1) is 11.3 Å². The molecule has 4 aromatic heterocycles. The Kier molecular flexibility index (Phi) is 2.94. The fraction of sp³-hybridized carbons (Fsp3) is 0. The van der Waals surface area contributed by atoms with Crippen LogP contribution in [0.3, 0.4) is 0 Å². The van der Waals surface area contributed by atoms with Crippen molar-refractivity contribution in [1.82, 2.24) is 14.4 Å². The summed E-state index contributed by atoms with van der Waals surface area (Å²) in [7, 11) is 0. The van der Waals surface area contributed by atoms with Crippen molar-refractivity contribution in [2.45, 2.75) is 0 Å². The monoisotopic (exact) mass is 449 g/mol. The van der Waals surface area contributed by atoms with Crippen LogP contribution in [0.15, 0.2) is 91.0 Å². The third-order valence-corrected chi connectivity index (χ3v) is 8.50. The lowest BCUT2D eigenvalue weighted by molar-refractivity contribution is 1.29. The van der Waals surface area contributed by atoms with Gasteiger partial charge in [-0.3, -0.25) is 4.40 Å². The average Bonchev–Trinajstić information content (AvgIpc) is 3.54. The Morgan fingerprint density at radius 1 is 0.529 bits per heavy atom. The Labute approximate surface area is 196 Å². The molecule has 9 aromatic rings.